The van der Waals surface area contributed by atoms with Gasteiger partial charge < -0.3 is 10.6 Å². The summed E-state index contributed by atoms with van der Waals surface area (Å²) in [4.78, 5) is 7.09. The van der Waals surface area contributed by atoms with Gasteiger partial charge in [-0.15, -0.1) is 0 Å². The molecule has 5 heteroatoms. The van der Waals surface area contributed by atoms with Crippen LogP contribution in [0.15, 0.2) is 0 Å². The van der Waals surface area contributed by atoms with Crippen molar-refractivity contribution in [1.29, 1.82) is 0 Å². The summed E-state index contributed by atoms with van der Waals surface area (Å²) >= 11 is 0. The molecule has 1 saturated heterocycles. The van der Waals surface area contributed by atoms with E-state index in [0.717, 1.165) is 43.4 Å². The first-order chi connectivity index (χ1) is 8.70. The Bertz CT molecular complexity index is 414. The number of piperidine rings is 1. The molecule has 0 aromatic carbocycles. The van der Waals surface area contributed by atoms with Crippen molar-refractivity contribution in [3.05, 3.63) is 11.6 Å². The Kier molecular flexibility index (Phi) is 3.35. The summed E-state index contributed by atoms with van der Waals surface area (Å²) in [5.41, 5.74) is 5.97. The van der Waals surface area contributed by atoms with Gasteiger partial charge in [0.2, 0.25) is 0 Å². The zero-order valence-electron chi connectivity index (χ0n) is 11.2. The summed E-state index contributed by atoms with van der Waals surface area (Å²) in [5.74, 6) is 2.84. The molecule has 0 radical (unpaired) electrons. The minimum absolute atomic E-state index is 0.273. The van der Waals surface area contributed by atoms with Crippen molar-refractivity contribution in [3.63, 3.8) is 0 Å². The molecule has 1 aromatic heterocycles. The van der Waals surface area contributed by atoms with Crippen LogP contribution in [0, 0.1) is 5.92 Å². The van der Waals surface area contributed by atoms with Crippen LogP contribution in [0.5, 0.6) is 0 Å². The lowest BCUT2D eigenvalue weighted by Gasteiger charge is -2.28. The minimum Gasteiger partial charge on any atom is -0.327 e. The quantitative estimate of drug-likeness (QED) is 0.826. The zero-order chi connectivity index (χ0) is 12.5. The molecule has 0 spiro atoms. The summed E-state index contributed by atoms with van der Waals surface area (Å²) in [7, 11) is 2.21. The summed E-state index contributed by atoms with van der Waals surface area (Å²) < 4.78 is 2.06. The zero-order valence-corrected chi connectivity index (χ0v) is 11.2. The van der Waals surface area contributed by atoms with E-state index in [1.807, 2.05) is 0 Å². The van der Waals surface area contributed by atoms with Gasteiger partial charge in [-0.05, 0) is 38.8 Å². The molecule has 3 heterocycles. The molecule has 2 aliphatic heterocycles. The van der Waals surface area contributed by atoms with Crippen molar-refractivity contribution in [3.8, 4) is 0 Å². The van der Waals surface area contributed by atoms with E-state index >= 15 is 0 Å². The monoisotopic (exact) mass is 249 g/mol. The van der Waals surface area contributed by atoms with Crippen molar-refractivity contribution >= 4 is 0 Å². The highest BCUT2D eigenvalue weighted by molar-refractivity contribution is 5.00. The second-order valence-electron chi connectivity index (χ2n) is 5.89. The average Bonchev–Trinajstić information content (AvgIpc) is 2.70. The Labute approximate surface area is 108 Å². The van der Waals surface area contributed by atoms with Crippen molar-refractivity contribution in [2.24, 2.45) is 11.7 Å². The highest BCUT2D eigenvalue weighted by Gasteiger charge is 2.22. The number of hydrogen-bond donors (Lipinski definition) is 1. The fourth-order valence-corrected chi connectivity index (χ4v) is 3.17. The van der Waals surface area contributed by atoms with Gasteiger partial charge in [0.25, 0.3) is 0 Å². The Morgan fingerprint density at radius 3 is 3.06 bits per heavy atom. The molecule has 0 bridgehead atoms. The maximum Gasteiger partial charge on any atom is 0.151 e. The summed E-state index contributed by atoms with van der Waals surface area (Å²) in [5, 5.41) is 4.64. The number of rotatable bonds is 2. The van der Waals surface area contributed by atoms with Gasteiger partial charge in [0.15, 0.2) is 5.82 Å². The van der Waals surface area contributed by atoms with E-state index in [1.165, 1.54) is 25.9 Å². The van der Waals surface area contributed by atoms with Crippen molar-refractivity contribution < 1.29 is 0 Å². The third-order valence-electron chi connectivity index (χ3n) is 4.14. The Morgan fingerprint density at radius 2 is 2.22 bits per heavy atom. The Morgan fingerprint density at radius 1 is 1.33 bits per heavy atom. The molecule has 0 amide bonds. The van der Waals surface area contributed by atoms with Crippen LogP contribution < -0.4 is 5.73 Å². The molecule has 0 saturated carbocycles. The normalized spacial score (nSPS) is 29.2. The van der Waals surface area contributed by atoms with Gasteiger partial charge in [0, 0.05) is 32.0 Å². The van der Waals surface area contributed by atoms with Gasteiger partial charge in [0.1, 0.15) is 5.82 Å². The van der Waals surface area contributed by atoms with E-state index in [9.17, 15) is 0 Å². The van der Waals surface area contributed by atoms with Crippen LogP contribution in [0.2, 0.25) is 0 Å². The van der Waals surface area contributed by atoms with Gasteiger partial charge >= 0.3 is 0 Å². The van der Waals surface area contributed by atoms with E-state index in [0.29, 0.717) is 0 Å². The Hall–Kier alpha value is -0.940. The molecule has 2 N–H and O–H groups in total. The molecule has 2 aliphatic rings. The molecule has 2 unspecified atom stereocenters. The van der Waals surface area contributed by atoms with E-state index in [-0.39, 0.29) is 6.04 Å². The van der Waals surface area contributed by atoms with Crippen molar-refractivity contribution in [2.75, 3.05) is 20.1 Å². The third kappa shape index (κ3) is 2.57. The maximum atomic E-state index is 5.97. The number of aryl methyl sites for hydroxylation is 1. The lowest BCUT2D eigenvalue weighted by atomic mass is 9.95. The molecule has 0 aliphatic carbocycles. The van der Waals surface area contributed by atoms with Crippen LogP contribution >= 0.6 is 0 Å². The number of aromatic nitrogens is 3. The van der Waals surface area contributed by atoms with Crippen molar-refractivity contribution in [1.82, 2.24) is 19.7 Å². The first-order valence-electron chi connectivity index (χ1n) is 7.07. The van der Waals surface area contributed by atoms with Crippen molar-refractivity contribution in [2.45, 2.75) is 44.7 Å². The average molecular weight is 249 g/mol. The van der Waals surface area contributed by atoms with Gasteiger partial charge in [-0.3, -0.25) is 0 Å². The second kappa shape index (κ2) is 4.97. The van der Waals surface area contributed by atoms with E-state index in [1.54, 1.807) is 0 Å². The summed E-state index contributed by atoms with van der Waals surface area (Å²) in [6.45, 7) is 3.36. The largest absolute Gasteiger partial charge is 0.327 e. The molecular weight excluding hydrogens is 226 g/mol. The van der Waals surface area contributed by atoms with Gasteiger partial charge in [-0.25, -0.2) is 9.67 Å². The minimum atomic E-state index is 0.273. The van der Waals surface area contributed by atoms with Crippen LogP contribution in [0.4, 0.5) is 0 Å². The molecular formula is C13H23N5. The highest BCUT2D eigenvalue weighted by Crippen LogP contribution is 2.19. The summed E-state index contributed by atoms with van der Waals surface area (Å²) in [6.07, 6.45) is 5.56. The van der Waals surface area contributed by atoms with Crippen LogP contribution in [0.1, 0.15) is 30.9 Å². The van der Waals surface area contributed by atoms with Crippen LogP contribution in [0.25, 0.3) is 0 Å². The maximum absolute atomic E-state index is 5.97. The molecule has 1 fully saturated rings. The first-order valence-corrected chi connectivity index (χ1v) is 7.07. The third-order valence-corrected chi connectivity index (χ3v) is 4.14. The molecule has 2 atom stereocenters. The van der Waals surface area contributed by atoms with Gasteiger partial charge in [-0.2, -0.15) is 5.10 Å². The van der Waals surface area contributed by atoms with Crippen LogP contribution in [0.3, 0.4) is 0 Å². The number of likely N-dealkylation sites (tertiary alicyclic amines) is 1. The summed E-state index contributed by atoms with van der Waals surface area (Å²) in [6, 6.07) is 0.273. The molecule has 5 nitrogen and oxygen atoms in total. The van der Waals surface area contributed by atoms with Crippen LogP contribution in [-0.4, -0.2) is 45.8 Å². The van der Waals surface area contributed by atoms with E-state index in [4.69, 9.17) is 5.73 Å². The molecule has 100 valence electrons. The first kappa shape index (κ1) is 12.1. The highest BCUT2D eigenvalue weighted by atomic mass is 15.4. The SMILES string of the molecule is CN1CCCC(Cc2nc3n(n2)CCC(N)C3)C1. The van der Waals surface area contributed by atoms with Gasteiger partial charge in [-0.1, -0.05) is 0 Å². The number of nitrogens with zero attached hydrogens (tertiary/aromatic N) is 4. The molecule has 3 rings (SSSR count). The predicted octanol–water partition coefficient (Wildman–Crippen LogP) is 0.436. The van der Waals surface area contributed by atoms with Gasteiger partial charge in [0.05, 0.1) is 0 Å². The number of fused-ring (bicyclic) bond motifs is 1. The fourth-order valence-electron chi connectivity index (χ4n) is 3.17. The Balaban J connectivity index is 1.66. The second-order valence-corrected chi connectivity index (χ2v) is 5.89. The smallest absolute Gasteiger partial charge is 0.151 e. The topological polar surface area (TPSA) is 60.0 Å². The molecule has 1 aromatic rings. The van der Waals surface area contributed by atoms with E-state index < -0.39 is 0 Å². The lowest BCUT2D eigenvalue weighted by molar-refractivity contribution is 0.207. The lowest BCUT2D eigenvalue weighted by Crippen LogP contribution is -2.33. The predicted molar refractivity (Wildman–Crippen MR) is 70.2 cm³/mol. The number of nitrogens with two attached hydrogens (primary N) is 1. The molecule has 18 heavy (non-hydrogen) atoms. The van der Waals surface area contributed by atoms with E-state index in [2.05, 4.69) is 26.7 Å². The number of hydrogen-bond acceptors (Lipinski definition) is 4. The fraction of sp³-hybridized carbons (Fsp3) is 0.846. The standard InChI is InChI=1S/C13H23N5/c1-17-5-2-3-10(9-17)7-12-15-13-8-11(14)4-6-18(13)16-12/h10-11H,2-9,14H2,1H3. The van der Waals surface area contributed by atoms with Crippen LogP contribution in [-0.2, 0) is 19.4 Å².